The van der Waals surface area contributed by atoms with Crippen LogP contribution in [0.25, 0.3) is 0 Å². The summed E-state index contributed by atoms with van der Waals surface area (Å²) in [6, 6.07) is 18.0. The van der Waals surface area contributed by atoms with Crippen LogP contribution in [0.1, 0.15) is 64.0 Å². The van der Waals surface area contributed by atoms with E-state index < -0.39 is 12.1 Å². The molecule has 0 heterocycles. The summed E-state index contributed by atoms with van der Waals surface area (Å²) in [7, 11) is 0. The van der Waals surface area contributed by atoms with Crippen molar-refractivity contribution in [2.75, 3.05) is 0 Å². The number of carbonyl (C=O) groups excluding carboxylic acids is 2. The van der Waals surface area contributed by atoms with E-state index in [0.29, 0.717) is 12.2 Å². The Morgan fingerprint density at radius 2 is 1.63 bits per heavy atom. The molecule has 0 bridgehead atoms. The Morgan fingerprint density at radius 3 is 2.23 bits per heavy atom. The maximum Gasteiger partial charge on any atom is 0.422 e. The van der Waals surface area contributed by atoms with Crippen molar-refractivity contribution in [3.05, 3.63) is 78.9 Å². The van der Waals surface area contributed by atoms with Crippen molar-refractivity contribution in [3.8, 4) is 5.75 Å². The molecular weight excluding hydrogens is 374 g/mol. The van der Waals surface area contributed by atoms with Gasteiger partial charge in [-0.2, -0.15) is 0 Å². The predicted molar refractivity (Wildman–Crippen MR) is 121 cm³/mol. The van der Waals surface area contributed by atoms with Crippen LogP contribution < -0.4 is 4.74 Å². The minimum absolute atomic E-state index is 0.205. The van der Waals surface area contributed by atoms with Crippen molar-refractivity contribution in [1.82, 2.24) is 4.90 Å². The van der Waals surface area contributed by atoms with Crippen LogP contribution in [-0.2, 0) is 4.79 Å². The van der Waals surface area contributed by atoms with Gasteiger partial charge >= 0.3 is 6.09 Å². The van der Waals surface area contributed by atoms with Gasteiger partial charge in [0.1, 0.15) is 5.75 Å². The molecule has 0 fully saturated rings. The van der Waals surface area contributed by atoms with Gasteiger partial charge in [0.15, 0.2) is 0 Å². The molecule has 0 aromatic heterocycles. The van der Waals surface area contributed by atoms with Crippen LogP contribution in [0.15, 0.2) is 73.3 Å². The smallest absolute Gasteiger partial charge is 0.410 e. The first kappa shape index (κ1) is 23.4. The molecule has 2 rings (SSSR count). The number of ether oxygens (including phenoxy) is 1. The summed E-state index contributed by atoms with van der Waals surface area (Å²) in [5.41, 5.74) is 0.888. The van der Waals surface area contributed by atoms with E-state index in [2.05, 4.69) is 13.5 Å². The molecule has 0 N–H and O–H groups in total. The topological polar surface area (TPSA) is 46.6 Å². The Hall–Kier alpha value is -2.88. The van der Waals surface area contributed by atoms with E-state index in [9.17, 15) is 9.59 Å². The monoisotopic (exact) mass is 407 g/mol. The number of nitrogens with zero attached hydrogens (tertiary/aromatic N) is 1. The minimum Gasteiger partial charge on any atom is -0.410 e. The summed E-state index contributed by atoms with van der Waals surface area (Å²) >= 11 is 0. The van der Waals surface area contributed by atoms with Crippen LogP contribution in [0.5, 0.6) is 5.75 Å². The second-order valence-electron chi connectivity index (χ2n) is 7.55. The Morgan fingerprint density at radius 1 is 1.00 bits per heavy atom. The molecule has 0 aliphatic heterocycles. The molecule has 0 saturated heterocycles. The molecular formula is C26H33NO3. The normalized spacial score (nSPS) is 12.6. The number of benzene rings is 2. The molecule has 0 aliphatic rings. The van der Waals surface area contributed by atoms with E-state index in [1.165, 1.54) is 4.90 Å². The summed E-state index contributed by atoms with van der Waals surface area (Å²) in [6.45, 7) is 7.84. The molecule has 0 saturated carbocycles. The summed E-state index contributed by atoms with van der Waals surface area (Å²) in [4.78, 5) is 27.9. The van der Waals surface area contributed by atoms with Gasteiger partial charge in [-0.3, -0.25) is 4.79 Å². The number of rotatable bonds is 11. The standard InChI is InChI=1S/C26H33NO3/c1-4-6-7-10-18-23(15-5-2)25(28)27(21(3)22-16-11-8-12-17-22)26(29)30-24-19-13-9-14-20-24/h5,8-9,11-14,16-17,19-21,23H,2,4,6-7,10,15,18H2,1,3H3. The number of carbonyl (C=O) groups is 2. The Labute approximate surface area is 180 Å². The maximum absolute atomic E-state index is 13.5. The highest BCUT2D eigenvalue weighted by Gasteiger charge is 2.34. The van der Waals surface area contributed by atoms with Crippen molar-refractivity contribution >= 4 is 12.0 Å². The van der Waals surface area contributed by atoms with Crippen molar-refractivity contribution in [3.63, 3.8) is 0 Å². The van der Waals surface area contributed by atoms with E-state index in [-0.39, 0.29) is 11.8 Å². The van der Waals surface area contributed by atoms with Gasteiger partial charge in [-0.15, -0.1) is 6.58 Å². The number of amides is 2. The molecule has 30 heavy (non-hydrogen) atoms. The van der Waals surface area contributed by atoms with Crippen LogP contribution in [0, 0.1) is 5.92 Å². The summed E-state index contributed by atoms with van der Waals surface area (Å²) < 4.78 is 5.55. The third-order valence-electron chi connectivity index (χ3n) is 5.26. The Kier molecular flexibility index (Phi) is 9.85. The van der Waals surface area contributed by atoms with Crippen molar-refractivity contribution in [2.45, 2.75) is 58.4 Å². The quantitative estimate of drug-likeness (QED) is 0.299. The van der Waals surface area contributed by atoms with E-state index in [0.717, 1.165) is 37.7 Å². The molecule has 2 amide bonds. The number of imide groups is 1. The zero-order valence-electron chi connectivity index (χ0n) is 18.1. The van der Waals surface area contributed by atoms with Gasteiger partial charge < -0.3 is 4.74 Å². The zero-order chi connectivity index (χ0) is 21.8. The second kappa shape index (κ2) is 12.6. The molecule has 2 aromatic rings. The maximum atomic E-state index is 13.5. The van der Waals surface area contributed by atoms with Gasteiger partial charge in [0.05, 0.1) is 6.04 Å². The van der Waals surface area contributed by atoms with Crippen LogP contribution in [0.2, 0.25) is 0 Å². The zero-order valence-corrected chi connectivity index (χ0v) is 18.1. The number of hydrogen-bond donors (Lipinski definition) is 0. The predicted octanol–water partition coefficient (Wildman–Crippen LogP) is 6.94. The van der Waals surface area contributed by atoms with Crippen molar-refractivity contribution < 1.29 is 14.3 Å². The molecule has 0 aliphatic carbocycles. The molecule has 2 atom stereocenters. The molecule has 4 heteroatoms. The van der Waals surface area contributed by atoms with Crippen molar-refractivity contribution in [1.29, 1.82) is 0 Å². The highest BCUT2D eigenvalue weighted by Crippen LogP contribution is 2.27. The lowest BCUT2D eigenvalue weighted by molar-refractivity contribution is -0.135. The minimum atomic E-state index is -0.648. The van der Waals surface area contributed by atoms with E-state index in [1.807, 2.05) is 43.3 Å². The molecule has 4 nitrogen and oxygen atoms in total. The SMILES string of the molecule is C=CCC(CCCCCC)C(=O)N(C(=O)Oc1ccccc1)C(C)c1ccccc1. The number of allylic oxidation sites excluding steroid dienone is 1. The number of para-hydroxylation sites is 1. The molecule has 0 radical (unpaired) electrons. The third-order valence-corrected chi connectivity index (χ3v) is 5.26. The summed E-state index contributed by atoms with van der Waals surface area (Å²) in [5, 5.41) is 0. The van der Waals surface area contributed by atoms with Crippen LogP contribution in [0.3, 0.4) is 0 Å². The van der Waals surface area contributed by atoms with Crippen LogP contribution in [0.4, 0.5) is 4.79 Å². The number of hydrogen-bond acceptors (Lipinski definition) is 3. The lowest BCUT2D eigenvalue weighted by Crippen LogP contribution is -2.44. The highest BCUT2D eigenvalue weighted by molar-refractivity contribution is 5.94. The second-order valence-corrected chi connectivity index (χ2v) is 7.55. The van der Waals surface area contributed by atoms with Crippen molar-refractivity contribution in [2.24, 2.45) is 5.92 Å². The van der Waals surface area contributed by atoms with Gasteiger partial charge in [0, 0.05) is 5.92 Å². The Balaban J connectivity index is 2.26. The van der Waals surface area contributed by atoms with Gasteiger partial charge in [0.25, 0.3) is 0 Å². The summed E-state index contributed by atoms with van der Waals surface area (Å²) in [5.74, 6) is -0.0682. The van der Waals surface area contributed by atoms with Gasteiger partial charge in [-0.25, -0.2) is 9.69 Å². The van der Waals surface area contributed by atoms with Gasteiger partial charge in [-0.1, -0.05) is 87.2 Å². The molecule has 2 aromatic carbocycles. The lowest BCUT2D eigenvalue weighted by atomic mass is 9.94. The fourth-order valence-electron chi connectivity index (χ4n) is 3.52. The van der Waals surface area contributed by atoms with Crippen LogP contribution in [-0.4, -0.2) is 16.9 Å². The average molecular weight is 408 g/mol. The van der Waals surface area contributed by atoms with Gasteiger partial charge in [-0.05, 0) is 37.5 Å². The molecule has 2 unspecified atom stereocenters. The first-order chi connectivity index (χ1) is 14.6. The fraction of sp³-hybridized carbons (Fsp3) is 0.385. The average Bonchev–Trinajstić information content (AvgIpc) is 2.77. The first-order valence-corrected chi connectivity index (χ1v) is 10.8. The largest absolute Gasteiger partial charge is 0.422 e. The molecule has 160 valence electrons. The Bertz CT molecular complexity index is 788. The first-order valence-electron chi connectivity index (χ1n) is 10.8. The highest BCUT2D eigenvalue weighted by atomic mass is 16.6. The van der Waals surface area contributed by atoms with Gasteiger partial charge in [0.2, 0.25) is 5.91 Å². The van der Waals surface area contributed by atoms with E-state index in [4.69, 9.17) is 4.74 Å². The third kappa shape index (κ3) is 6.87. The fourth-order valence-corrected chi connectivity index (χ4v) is 3.52. The molecule has 0 spiro atoms. The van der Waals surface area contributed by atoms with E-state index >= 15 is 0 Å². The van der Waals surface area contributed by atoms with E-state index in [1.54, 1.807) is 30.3 Å². The van der Waals surface area contributed by atoms with Crippen LogP contribution >= 0.6 is 0 Å². The lowest BCUT2D eigenvalue weighted by Gasteiger charge is -2.30. The number of unbranched alkanes of at least 4 members (excludes halogenated alkanes) is 3. The summed E-state index contributed by atoms with van der Waals surface area (Å²) in [6.07, 6.45) is 6.72.